The number of rotatable bonds is 4. The van der Waals surface area contributed by atoms with Gasteiger partial charge < -0.3 is 14.5 Å². The highest BCUT2D eigenvalue weighted by Crippen LogP contribution is 2.30. The molecule has 0 fully saturated rings. The fraction of sp³-hybridized carbons (Fsp3) is 0.231. The Morgan fingerprint density at radius 1 is 1.32 bits per heavy atom. The molecule has 0 bridgehead atoms. The van der Waals surface area contributed by atoms with E-state index in [0.717, 1.165) is 0 Å². The first-order valence-corrected chi connectivity index (χ1v) is 5.95. The Bertz CT molecular complexity index is 640. The molecule has 19 heavy (non-hydrogen) atoms. The van der Waals surface area contributed by atoms with Gasteiger partial charge in [0.1, 0.15) is 18.2 Å². The third-order valence-electron chi connectivity index (χ3n) is 2.51. The van der Waals surface area contributed by atoms with E-state index in [1.54, 1.807) is 25.3 Å². The average Bonchev–Trinajstić information content (AvgIpc) is 2.38. The van der Waals surface area contributed by atoms with Gasteiger partial charge in [0.05, 0.1) is 12.8 Å². The molecule has 1 aromatic heterocycles. The number of nitrogens with one attached hydrogen (secondary N) is 1. The molecule has 0 aliphatic carbocycles. The van der Waals surface area contributed by atoms with Crippen molar-refractivity contribution in [3.63, 3.8) is 0 Å². The quantitative estimate of drug-likeness (QED) is 0.933. The van der Waals surface area contributed by atoms with Crippen LogP contribution in [0.15, 0.2) is 29.1 Å². The summed E-state index contributed by atoms with van der Waals surface area (Å²) in [5, 5.41) is 0.547. The SMILES string of the molecule is COCc1nc(-c2cc(Cl)ccc2OC)cc(=O)[nH]1. The fourth-order valence-corrected chi connectivity index (χ4v) is 1.90. The topological polar surface area (TPSA) is 64.2 Å². The van der Waals surface area contributed by atoms with Gasteiger partial charge in [0.25, 0.3) is 5.56 Å². The predicted octanol–water partition coefficient (Wildman–Crippen LogP) is 2.25. The Morgan fingerprint density at radius 3 is 2.79 bits per heavy atom. The monoisotopic (exact) mass is 280 g/mol. The lowest BCUT2D eigenvalue weighted by atomic mass is 10.1. The zero-order valence-corrected chi connectivity index (χ0v) is 11.3. The maximum absolute atomic E-state index is 11.6. The van der Waals surface area contributed by atoms with Crippen molar-refractivity contribution in [1.29, 1.82) is 0 Å². The van der Waals surface area contributed by atoms with Gasteiger partial charge >= 0.3 is 0 Å². The Balaban J connectivity index is 2.57. The summed E-state index contributed by atoms with van der Waals surface area (Å²) in [5.41, 5.74) is 0.910. The summed E-state index contributed by atoms with van der Waals surface area (Å²) in [6.45, 7) is 0.228. The maximum Gasteiger partial charge on any atom is 0.251 e. The van der Waals surface area contributed by atoms with E-state index in [9.17, 15) is 4.79 Å². The van der Waals surface area contributed by atoms with Crippen molar-refractivity contribution in [2.75, 3.05) is 14.2 Å². The molecular weight excluding hydrogens is 268 g/mol. The van der Waals surface area contributed by atoms with Crippen LogP contribution in [-0.2, 0) is 11.3 Å². The molecule has 1 aromatic carbocycles. The van der Waals surface area contributed by atoms with Gasteiger partial charge in [-0.25, -0.2) is 4.98 Å². The normalized spacial score (nSPS) is 10.5. The Kier molecular flexibility index (Phi) is 4.19. The highest BCUT2D eigenvalue weighted by atomic mass is 35.5. The maximum atomic E-state index is 11.6. The number of methoxy groups -OCH3 is 2. The third kappa shape index (κ3) is 3.13. The van der Waals surface area contributed by atoms with Gasteiger partial charge in [-0.2, -0.15) is 0 Å². The average molecular weight is 281 g/mol. The number of hydrogen-bond donors (Lipinski definition) is 1. The summed E-state index contributed by atoms with van der Waals surface area (Å²) in [4.78, 5) is 18.5. The molecule has 6 heteroatoms. The minimum Gasteiger partial charge on any atom is -0.496 e. The first-order chi connectivity index (χ1) is 9.13. The first kappa shape index (κ1) is 13.6. The van der Waals surface area contributed by atoms with Crippen molar-refractivity contribution in [3.8, 4) is 17.0 Å². The van der Waals surface area contributed by atoms with E-state index in [2.05, 4.69) is 9.97 Å². The van der Waals surface area contributed by atoms with Gasteiger partial charge in [-0.05, 0) is 18.2 Å². The van der Waals surface area contributed by atoms with Gasteiger partial charge in [0.2, 0.25) is 0 Å². The molecule has 0 amide bonds. The standard InChI is InChI=1S/C13H13ClN2O3/c1-18-7-12-15-10(6-13(17)16-12)9-5-8(14)3-4-11(9)19-2/h3-6H,7H2,1-2H3,(H,15,16,17). The minimum atomic E-state index is -0.251. The van der Waals surface area contributed by atoms with E-state index in [-0.39, 0.29) is 12.2 Å². The number of ether oxygens (including phenoxy) is 2. The van der Waals surface area contributed by atoms with Gasteiger partial charge in [-0.15, -0.1) is 0 Å². The molecule has 1 heterocycles. The van der Waals surface area contributed by atoms with E-state index in [0.29, 0.717) is 27.9 Å². The lowest BCUT2D eigenvalue weighted by Crippen LogP contribution is -2.11. The molecule has 0 aliphatic rings. The molecule has 100 valence electrons. The van der Waals surface area contributed by atoms with E-state index >= 15 is 0 Å². The number of hydrogen-bond acceptors (Lipinski definition) is 4. The molecule has 0 saturated carbocycles. The fourth-order valence-electron chi connectivity index (χ4n) is 1.73. The van der Waals surface area contributed by atoms with Crippen molar-refractivity contribution >= 4 is 11.6 Å². The van der Waals surface area contributed by atoms with Crippen LogP contribution in [0.4, 0.5) is 0 Å². The molecule has 1 N–H and O–H groups in total. The number of halogens is 1. The van der Waals surface area contributed by atoms with Gasteiger partial charge in [-0.3, -0.25) is 4.79 Å². The van der Waals surface area contributed by atoms with Gasteiger partial charge in [0, 0.05) is 23.8 Å². The molecule has 0 aliphatic heterocycles. The van der Waals surface area contributed by atoms with E-state index in [1.165, 1.54) is 13.2 Å². The number of nitrogens with zero attached hydrogens (tertiary/aromatic N) is 1. The predicted molar refractivity (Wildman–Crippen MR) is 72.6 cm³/mol. The van der Waals surface area contributed by atoms with Crippen LogP contribution in [0.25, 0.3) is 11.3 Å². The summed E-state index contributed by atoms with van der Waals surface area (Å²) >= 11 is 5.97. The third-order valence-corrected chi connectivity index (χ3v) is 2.74. The molecule has 0 atom stereocenters. The number of aromatic nitrogens is 2. The van der Waals surface area contributed by atoms with Crippen molar-refractivity contribution in [2.24, 2.45) is 0 Å². The number of aromatic amines is 1. The molecule has 0 saturated heterocycles. The zero-order valence-electron chi connectivity index (χ0n) is 10.6. The summed E-state index contributed by atoms with van der Waals surface area (Å²) in [5.74, 6) is 1.05. The minimum absolute atomic E-state index is 0.228. The molecular formula is C13H13ClN2O3. The van der Waals surface area contributed by atoms with E-state index in [4.69, 9.17) is 21.1 Å². The van der Waals surface area contributed by atoms with Crippen molar-refractivity contribution in [1.82, 2.24) is 9.97 Å². The second-order valence-electron chi connectivity index (χ2n) is 3.85. The Morgan fingerprint density at radius 2 is 2.11 bits per heavy atom. The van der Waals surface area contributed by atoms with Crippen LogP contribution in [0.3, 0.4) is 0 Å². The van der Waals surface area contributed by atoms with Gasteiger partial charge in [0.15, 0.2) is 0 Å². The second kappa shape index (κ2) is 5.86. The molecule has 5 nitrogen and oxygen atoms in total. The van der Waals surface area contributed by atoms with Gasteiger partial charge in [-0.1, -0.05) is 11.6 Å². The van der Waals surface area contributed by atoms with Crippen LogP contribution >= 0.6 is 11.6 Å². The molecule has 0 unspecified atom stereocenters. The molecule has 2 aromatic rings. The van der Waals surface area contributed by atoms with Crippen LogP contribution in [-0.4, -0.2) is 24.2 Å². The number of H-pyrrole nitrogens is 1. The van der Waals surface area contributed by atoms with Crippen LogP contribution in [0.1, 0.15) is 5.82 Å². The molecule has 0 radical (unpaired) electrons. The lowest BCUT2D eigenvalue weighted by Gasteiger charge is -2.09. The smallest absolute Gasteiger partial charge is 0.251 e. The van der Waals surface area contributed by atoms with Crippen molar-refractivity contribution in [2.45, 2.75) is 6.61 Å². The highest BCUT2D eigenvalue weighted by Gasteiger charge is 2.10. The summed E-state index contributed by atoms with van der Waals surface area (Å²) in [7, 11) is 3.09. The first-order valence-electron chi connectivity index (χ1n) is 5.57. The molecule has 2 rings (SSSR count). The summed E-state index contributed by atoms with van der Waals surface area (Å²) in [6, 6.07) is 6.55. The van der Waals surface area contributed by atoms with Crippen molar-refractivity contribution < 1.29 is 9.47 Å². The summed E-state index contributed by atoms with van der Waals surface area (Å²) < 4.78 is 10.2. The Labute approximate surface area is 115 Å². The van der Waals surface area contributed by atoms with E-state index in [1.807, 2.05) is 0 Å². The van der Waals surface area contributed by atoms with Crippen LogP contribution in [0, 0.1) is 0 Å². The molecule has 0 spiro atoms. The largest absolute Gasteiger partial charge is 0.496 e. The number of benzene rings is 1. The van der Waals surface area contributed by atoms with Crippen LogP contribution in [0.2, 0.25) is 5.02 Å². The van der Waals surface area contributed by atoms with Crippen molar-refractivity contribution in [3.05, 3.63) is 45.5 Å². The zero-order chi connectivity index (χ0) is 13.8. The second-order valence-corrected chi connectivity index (χ2v) is 4.29. The van der Waals surface area contributed by atoms with Crippen LogP contribution in [0.5, 0.6) is 5.75 Å². The summed E-state index contributed by atoms with van der Waals surface area (Å²) in [6.07, 6.45) is 0. The highest BCUT2D eigenvalue weighted by molar-refractivity contribution is 6.30. The Hall–Kier alpha value is -1.85. The van der Waals surface area contributed by atoms with E-state index < -0.39 is 0 Å². The lowest BCUT2D eigenvalue weighted by molar-refractivity contribution is 0.177. The van der Waals surface area contributed by atoms with Crippen LogP contribution < -0.4 is 10.3 Å².